The van der Waals surface area contributed by atoms with Crippen LogP contribution in [0, 0.1) is 0 Å². The van der Waals surface area contributed by atoms with Crippen LogP contribution >= 0.6 is 31.9 Å². The lowest BCUT2D eigenvalue weighted by Crippen LogP contribution is -2.27. The summed E-state index contributed by atoms with van der Waals surface area (Å²) in [6.45, 7) is 3.61. The maximum Gasteiger partial charge on any atom is 0.135 e. The van der Waals surface area contributed by atoms with Gasteiger partial charge in [-0.2, -0.15) is 0 Å². The van der Waals surface area contributed by atoms with Gasteiger partial charge < -0.3 is 14.6 Å². The normalized spacial score (nSPS) is 11.4. The van der Waals surface area contributed by atoms with Gasteiger partial charge in [0.05, 0.1) is 21.7 Å². The topological polar surface area (TPSA) is 38.7 Å². The monoisotopic (exact) mass is 352 g/mol. The van der Waals surface area contributed by atoms with Crippen LogP contribution < -0.4 is 9.47 Å². The Balaban J connectivity index is 2.86. The second kappa shape index (κ2) is 5.38. The first-order valence-corrected chi connectivity index (χ1v) is 6.30. The van der Waals surface area contributed by atoms with E-state index in [1.807, 2.05) is 6.07 Å². The molecule has 0 aliphatic rings. The Morgan fingerprint density at radius 3 is 2.19 bits per heavy atom. The molecule has 3 nitrogen and oxygen atoms in total. The van der Waals surface area contributed by atoms with E-state index in [1.54, 1.807) is 27.0 Å². The fourth-order valence-corrected chi connectivity index (χ4v) is 1.95. The zero-order valence-electron chi connectivity index (χ0n) is 9.38. The number of ether oxygens (including phenoxy) is 2. The molecule has 0 atom stereocenters. The molecule has 1 rings (SSSR count). The molecule has 0 spiro atoms. The van der Waals surface area contributed by atoms with Crippen LogP contribution in [-0.2, 0) is 0 Å². The summed E-state index contributed by atoms with van der Waals surface area (Å²) in [7, 11) is 1.60. The maximum atomic E-state index is 9.56. The predicted octanol–water partition coefficient (Wildman–Crippen LogP) is 3.37. The van der Waals surface area contributed by atoms with Crippen molar-refractivity contribution in [2.75, 3.05) is 13.7 Å². The Bertz CT molecular complexity index is 372. The molecule has 0 aliphatic carbocycles. The number of hydrogen-bond donors (Lipinski definition) is 1. The van der Waals surface area contributed by atoms with Crippen molar-refractivity contribution in [2.24, 2.45) is 0 Å². The summed E-state index contributed by atoms with van der Waals surface area (Å²) in [4.78, 5) is 0. The number of methoxy groups -OCH3 is 1. The molecule has 0 radical (unpaired) electrons. The first-order valence-electron chi connectivity index (χ1n) is 4.71. The van der Waals surface area contributed by atoms with Crippen LogP contribution in [0.2, 0.25) is 0 Å². The zero-order valence-corrected chi connectivity index (χ0v) is 12.6. The van der Waals surface area contributed by atoms with Crippen molar-refractivity contribution in [3.63, 3.8) is 0 Å². The SMILES string of the molecule is COc1cc(Br)c(OCC(C)(C)O)cc1Br. The number of benzene rings is 1. The zero-order chi connectivity index (χ0) is 12.3. The van der Waals surface area contributed by atoms with Crippen LogP contribution in [0.1, 0.15) is 13.8 Å². The second-order valence-electron chi connectivity index (χ2n) is 4.02. The van der Waals surface area contributed by atoms with Gasteiger partial charge in [0.2, 0.25) is 0 Å². The Hall–Kier alpha value is -0.260. The number of aliphatic hydroxyl groups is 1. The lowest BCUT2D eigenvalue weighted by Gasteiger charge is -2.19. The van der Waals surface area contributed by atoms with Crippen LogP contribution in [0.25, 0.3) is 0 Å². The van der Waals surface area contributed by atoms with E-state index in [9.17, 15) is 5.11 Å². The molecule has 0 aromatic heterocycles. The fraction of sp³-hybridized carbons (Fsp3) is 0.455. The lowest BCUT2D eigenvalue weighted by molar-refractivity contribution is 0.0282. The van der Waals surface area contributed by atoms with E-state index in [-0.39, 0.29) is 6.61 Å². The second-order valence-corrected chi connectivity index (χ2v) is 5.73. The van der Waals surface area contributed by atoms with Crippen molar-refractivity contribution in [3.05, 3.63) is 21.1 Å². The van der Waals surface area contributed by atoms with Gasteiger partial charge >= 0.3 is 0 Å². The highest BCUT2D eigenvalue weighted by Crippen LogP contribution is 2.36. The van der Waals surface area contributed by atoms with Crippen LogP contribution in [0.15, 0.2) is 21.1 Å². The number of halogens is 2. The van der Waals surface area contributed by atoms with Crippen molar-refractivity contribution < 1.29 is 14.6 Å². The van der Waals surface area contributed by atoms with Gasteiger partial charge in [0, 0.05) is 0 Å². The molecular formula is C11H14Br2O3. The molecule has 1 aromatic rings. The van der Waals surface area contributed by atoms with Crippen molar-refractivity contribution >= 4 is 31.9 Å². The van der Waals surface area contributed by atoms with Gasteiger partial charge in [-0.05, 0) is 57.8 Å². The third-order valence-electron chi connectivity index (χ3n) is 1.79. The van der Waals surface area contributed by atoms with Gasteiger partial charge in [-0.3, -0.25) is 0 Å². The van der Waals surface area contributed by atoms with E-state index in [1.165, 1.54) is 0 Å². The van der Waals surface area contributed by atoms with Crippen molar-refractivity contribution in [1.82, 2.24) is 0 Å². The Labute approximate surface area is 112 Å². The summed E-state index contributed by atoms with van der Waals surface area (Å²) >= 11 is 6.76. The Kier molecular flexibility index (Phi) is 4.64. The maximum absolute atomic E-state index is 9.56. The average Bonchev–Trinajstić information content (AvgIpc) is 2.17. The fourth-order valence-electron chi connectivity index (χ4n) is 1.03. The van der Waals surface area contributed by atoms with Crippen LogP contribution in [0.3, 0.4) is 0 Å². The first kappa shape index (κ1) is 13.8. The van der Waals surface area contributed by atoms with Crippen LogP contribution in [0.5, 0.6) is 11.5 Å². The van der Waals surface area contributed by atoms with Gasteiger partial charge in [0.15, 0.2) is 0 Å². The Morgan fingerprint density at radius 1 is 1.19 bits per heavy atom. The van der Waals surface area contributed by atoms with Gasteiger partial charge in [-0.1, -0.05) is 0 Å². The van der Waals surface area contributed by atoms with E-state index < -0.39 is 5.60 Å². The van der Waals surface area contributed by atoms with Gasteiger partial charge in [0.1, 0.15) is 18.1 Å². The molecule has 5 heteroatoms. The van der Waals surface area contributed by atoms with Crippen molar-refractivity contribution in [2.45, 2.75) is 19.4 Å². The summed E-state index contributed by atoms with van der Waals surface area (Å²) in [5, 5.41) is 9.56. The molecule has 1 aromatic carbocycles. The molecule has 0 saturated carbocycles. The highest BCUT2D eigenvalue weighted by molar-refractivity contribution is 9.11. The van der Waals surface area contributed by atoms with E-state index in [2.05, 4.69) is 31.9 Å². The molecule has 1 N–H and O–H groups in total. The summed E-state index contributed by atoms with van der Waals surface area (Å²) in [6, 6.07) is 3.61. The van der Waals surface area contributed by atoms with Gasteiger partial charge in [-0.25, -0.2) is 0 Å². The largest absolute Gasteiger partial charge is 0.496 e. The highest BCUT2D eigenvalue weighted by Gasteiger charge is 2.15. The van der Waals surface area contributed by atoms with Crippen LogP contribution in [0.4, 0.5) is 0 Å². The Morgan fingerprint density at radius 2 is 1.69 bits per heavy atom. The summed E-state index contributed by atoms with van der Waals surface area (Å²) in [6.07, 6.45) is 0. The first-order chi connectivity index (χ1) is 7.33. The molecule has 16 heavy (non-hydrogen) atoms. The van der Waals surface area contributed by atoms with Crippen molar-refractivity contribution in [3.8, 4) is 11.5 Å². The van der Waals surface area contributed by atoms with E-state index in [0.717, 1.165) is 14.7 Å². The van der Waals surface area contributed by atoms with Crippen molar-refractivity contribution in [1.29, 1.82) is 0 Å². The van der Waals surface area contributed by atoms with Crippen LogP contribution in [-0.4, -0.2) is 24.4 Å². The van der Waals surface area contributed by atoms with E-state index >= 15 is 0 Å². The lowest BCUT2D eigenvalue weighted by atomic mass is 10.2. The third kappa shape index (κ3) is 3.96. The molecule has 0 unspecified atom stereocenters. The molecule has 0 amide bonds. The molecule has 0 bridgehead atoms. The molecule has 0 heterocycles. The van der Waals surface area contributed by atoms with Gasteiger partial charge in [0.25, 0.3) is 0 Å². The predicted molar refractivity (Wildman–Crippen MR) is 70.2 cm³/mol. The molecule has 90 valence electrons. The molecule has 0 aliphatic heterocycles. The summed E-state index contributed by atoms with van der Waals surface area (Å²) < 4.78 is 12.2. The minimum atomic E-state index is -0.855. The minimum Gasteiger partial charge on any atom is -0.496 e. The molecular weight excluding hydrogens is 340 g/mol. The standard InChI is InChI=1S/C11H14Br2O3/c1-11(2,14)6-16-10-5-7(12)9(15-3)4-8(10)13/h4-5,14H,6H2,1-3H3. The average molecular weight is 354 g/mol. The molecule has 0 saturated heterocycles. The smallest absolute Gasteiger partial charge is 0.135 e. The van der Waals surface area contributed by atoms with E-state index in [0.29, 0.717) is 5.75 Å². The quantitative estimate of drug-likeness (QED) is 0.901. The summed E-state index contributed by atoms with van der Waals surface area (Å²) in [5.41, 5.74) is -0.855. The van der Waals surface area contributed by atoms with Gasteiger partial charge in [-0.15, -0.1) is 0 Å². The number of rotatable bonds is 4. The summed E-state index contributed by atoms with van der Waals surface area (Å²) in [5.74, 6) is 1.39. The van der Waals surface area contributed by atoms with E-state index in [4.69, 9.17) is 9.47 Å². The third-order valence-corrected chi connectivity index (χ3v) is 3.03. The highest BCUT2D eigenvalue weighted by atomic mass is 79.9. The number of hydrogen-bond acceptors (Lipinski definition) is 3. The molecule has 0 fully saturated rings. The minimum absolute atomic E-state index is 0.227.